The Bertz CT molecular complexity index is 283. The van der Waals surface area contributed by atoms with Crippen LogP contribution in [0, 0.1) is 0 Å². The highest BCUT2D eigenvalue weighted by Crippen LogP contribution is 2.18. The molecule has 17 heavy (non-hydrogen) atoms. The lowest BCUT2D eigenvalue weighted by Crippen LogP contribution is -2.46. The summed E-state index contributed by atoms with van der Waals surface area (Å²) < 4.78 is 4.62. The molecule has 0 aromatic heterocycles. The van der Waals surface area contributed by atoms with Crippen LogP contribution < -0.4 is 5.32 Å². The number of methoxy groups -OCH3 is 1. The van der Waals surface area contributed by atoms with Crippen molar-refractivity contribution in [2.45, 2.75) is 38.3 Å². The van der Waals surface area contributed by atoms with Crippen LogP contribution in [0.15, 0.2) is 0 Å². The number of amides is 2. The molecular weight excluding hydrogens is 224 g/mol. The largest absolute Gasteiger partial charge is 0.467 e. The molecule has 1 saturated heterocycles. The molecule has 1 fully saturated rings. The number of hydrogen-bond donors (Lipinski definition) is 2. The fourth-order valence-corrected chi connectivity index (χ4v) is 1.87. The van der Waals surface area contributed by atoms with Crippen molar-refractivity contribution in [3.05, 3.63) is 0 Å². The number of likely N-dealkylation sites (tertiary alicyclic amines) is 1. The molecule has 0 radical (unpaired) electrons. The molecule has 0 saturated carbocycles. The van der Waals surface area contributed by atoms with E-state index in [1.165, 1.54) is 12.0 Å². The van der Waals surface area contributed by atoms with Crippen molar-refractivity contribution in [3.8, 4) is 0 Å². The molecule has 6 nitrogen and oxygen atoms in total. The molecule has 1 heterocycles. The Kier molecular flexibility index (Phi) is 5.21. The number of esters is 1. The maximum absolute atomic E-state index is 11.8. The van der Waals surface area contributed by atoms with E-state index in [1.54, 1.807) is 0 Å². The smallest absolute Gasteiger partial charge is 0.328 e. The minimum atomic E-state index is -0.670. The van der Waals surface area contributed by atoms with Crippen LogP contribution in [0.5, 0.6) is 0 Å². The maximum Gasteiger partial charge on any atom is 0.328 e. The SMILES string of the molecule is CCCCNC(=O)N1CC(O)CC1C(=O)OC. The maximum atomic E-state index is 11.8. The average molecular weight is 244 g/mol. The van der Waals surface area contributed by atoms with Crippen molar-refractivity contribution in [1.29, 1.82) is 0 Å². The molecule has 2 amide bonds. The molecule has 2 unspecified atom stereocenters. The number of aliphatic hydroxyl groups excluding tert-OH is 1. The van der Waals surface area contributed by atoms with Crippen molar-refractivity contribution in [3.63, 3.8) is 0 Å². The number of urea groups is 1. The minimum Gasteiger partial charge on any atom is -0.467 e. The van der Waals surface area contributed by atoms with E-state index in [0.29, 0.717) is 6.54 Å². The van der Waals surface area contributed by atoms with E-state index in [1.807, 2.05) is 6.92 Å². The Labute approximate surface area is 101 Å². The number of carbonyl (C=O) groups excluding carboxylic acids is 2. The first-order valence-electron chi connectivity index (χ1n) is 5.90. The minimum absolute atomic E-state index is 0.178. The van der Waals surface area contributed by atoms with Crippen molar-refractivity contribution in [1.82, 2.24) is 10.2 Å². The van der Waals surface area contributed by atoms with Crippen molar-refractivity contribution < 1.29 is 19.4 Å². The highest BCUT2D eigenvalue weighted by molar-refractivity contribution is 5.84. The van der Waals surface area contributed by atoms with Gasteiger partial charge in [0.2, 0.25) is 0 Å². The lowest BCUT2D eigenvalue weighted by atomic mass is 10.2. The molecule has 1 rings (SSSR count). The first kappa shape index (κ1) is 13.8. The van der Waals surface area contributed by atoms with Gasteiger partial charge >= 0.3 is 12.0 Å². The fraction of sp³-hybridized carbons (Fsp3) is 0.818. The second-order valence-corrected chi connectivity index (χ2v) is 4.17. The molecule has 1 aliphatic rings. The van der Waals surface area contributed by atoms with Crippen LogP contribution in [0.1, 0.15) is 26.2 Å². The van der Waals surface area contributed by atoms with Gasteiger partial charge in [-0.05, 0) is 6.42 Å². The molecule has 0 aromatic rings. The van der Waals surface area contributed by atoms with Gasteiger partial charge in [-0.2, -0.15) is 0 Å². The van der Waals surface area contributed by atoms with Crippen molar-refractivity contribution >= 4 is 12.0 Å². The van der Waals surface area contributed by atoms with Crippen LogP contribution in [-0.4, -0.2) is 54.4 Å². The van der Waals surface area contributed by atoms with Gasteiger partial charge in [-0.25, -0.2) is 9.59 Å². The highest BCUT2D eigenvalue weighted by atomic mass is 16.5. The van der Waals surface area contributed by atoms with Crippen LogP contribution in [0.25, 0.3) is 0 Å². The standard InChI is InChI=1S/C11H20N2O4/c1-3-4-5-12-11(16)13-7-8(14)6-9(13)10(15)17-2/h8-9,14H,3-7H2,1-2H3,(H,12,16). The lowest BCUT2D eigenvalue weighted by Gasteiger charge is -2.22. The van der Waals surface area contributed by atoms with Gasteiger partial charge in [0.25, 0.3) is 0 Å². The summed E-state index contributed by atoms with van der Waals surface area (Å²) in [6.45, 7) is 2.79. The molecule has 6 heteroatoms. The van der Waals surface area contributed by atoms with Gasteiger partial charge in [0, 0.05) is 19.5 Å². The number of ether oxygens (including phenoxy) is 1. The van der Waals surface area contributed by atoms with Gasteiger partial charge < -0.3 is 20.1 Å². The van der Waals surface area contributed by atoms with Crippen molar-refractivity contribution in [2.75, 3.05) is 20.2 Å². The summed E-state index contributed by atoms with van der Waals surface area (Å²) in [4.78, 5) is 24.6. The Hall–Kier alpha value is -1.30. The number of β-amino-alcohol motifs (C(OH)–C–C–N with tert-alkyl or cyclic N) is 1. The topological polar surface area (TPSA) is 78.9 Å². The van der Waals surface area contributed by atoms with Gasteiger partial charge in [-0.3, -0.25) is 0 Å². The predicted octanol–water partition coefficient (Wildman–Crippen LogP) is 0.104. The van der Waals surface area contributed by atoms with Gasteiger partial charge in [0.1, 0.15) is 6.04 Å². The first-order chi connectivity index (χ1) is 8.10. The molecule has 98 valence electrons. The van der Waals surface area contributed by atoms with Gasteiger partial charge in [0.05, 0.1) is 13.2 Å². The summed E-state index contributed by atoms with van der Waals surface area (Å²) in [5.74, 6) is -0.479. The molecular formula is C11H20N2O4. The van der Waals surface area contributed by atoms with E-state index in [2.05, 4.69) is 10.1 Å². The Morgan fingerprint density at radius 1 is 1.53 bits per heavy atom. The number of nitrogens with zero attached hydrogens (tertiary/aromatic N) is 1. The Balaban J connectivity index is 2.54. The number of hydrogen-bond acceptors (Lipinski definition) is 4. The summed E-state index contributed by atoms with van der Waals surface area (Å²) in [7, 11) is 1.28. The van der Waals surface area contributed by atoms with Crippen LogP contribution >= 0.6 is 0 Å². The van der Waals surface area contributed by atoms with Gasteiger partial charge in [-0.1, -0.05) is 13.3 Å². The fourth-order valence-electron chi connectivity index (χ4n) is 1.87. The third-order valence-corrected chi connectivity index (χ3v) is 2.82. The molecule has 1 aliphatic heterocycles. The van der Waals surface area contributed by atoms with Crippen LogP contribution in [0.4, 0.5) is 4.79 Å². The summed E-state index contributed by atoms with van der Waals surface area (Å²) in [6.07, 6.45) is 1.47. The highest BCUT2D eigenvalue weighted by Gasteiger charge is 2.39. The second-order valence-electron chi connectivity index (χ2n) is 4.17. The van der Waals surface area contributed by atoms with Gasteiger partial charge in [-0.15, -0.1) is 0 Å². The van der Waals surface area contributed by atoms with Crippen LogP contribution in [0.2, 0.25) is 0 Å². The van der Waals surface area contributed by atoms with E-state index in [0.717, 1.165) is 12.8 Å². The summed E-state index contributed by atoms with van der Waals surface area (Å²) in [6, 6.07) is -0.984. The lowest BCUT2D eigenvalue weighted by molar-refractivity contribution is -0.145. The average Bonchev–Trinajstić information content (AvgIpc) is 2.70. The van der Waals surface area contributed by atoms with Crippen molar-refractivity contribution in [2.24, 2.45) is 0 Å². The van der Waals surface area contributed by atoms with Crippen LogP contribution in [0.3, 0.4) is 0 Å². The van der Waals surface area contributed by atoms with E-state index in [4.69, 9.17) is 0 Å². The Morgan fingerprint density at radius 3 is 2.82 bits per heavy atom. The van der Waals surface area contributed by atoms with E-state index in [-0.39, 0.29) is 19.0 Å². The summed E-state index contributed by atoms with van der Waals surface area (Å²) in [5.41, 5.74) is 0. The van der Waals surface area contributed by atoms with E-state index >= 15 is 0 Å². The molecule has 0 spiro atoms. The normalized spacial score (nSPS) is 23.6. The number of unbranched alkanes of at least 4 members (excludes halogenated alkanes) is 1. The zero-order valence-electron chi connectivity index (χ0n) is 10.3. The number of aliphatic hydroxyl groups is 1. The molecule has 2 N–H and O–H groups in total. The number of carbonyl (C=O) groups is 2. The summed E-state index contributed by atoms with van der Waals surface area (Å²) in [5, 5.41) is 12.2. The molecule has 0 aliphatic carbocycles. The van der Waals surface area contributed by atoms with Crippen LogP contribution in [-0.2, 0) is 9.53 Å². The third kappa shape index (κ3) is 3.59. The molecule has 2 atom stereocenters. The second kappa shape index (κ2) is 6.44. The summed E-state index contributed by atoms with van der Waals surface area (Å²) >= 11 is 0. The quantitative estimate of drug-likeness (QED) is 0.543. The predicted molar refractivity (Wildman–Crippen MR) is 61.4 cm³/mol. The Morgan fingerprint density at radius 2 is 2.24 bits per heavy atom. The van der Waals surface area contributed by atoms with E-state index < -0.39 is 18.1 Å². The number of rotatable bonds is 4. The zero-order chi connectivity index (χ0) is 12.8. The van der Waals surface area contributed by atoms with Gasteiger partial charge in [0.15, 0.2) is 0 Å². The monoisotopic (exact) mass is 244 g/mol. The molecule has 0 bridgehead atoms. The zero-order valence-corrected chi connectivity index (χ0v) is 10.3. The third-order valence-electron chi connectivity index (χ3n) is 2.82. The number of nitrogens with one attached hydrogen (secondary N) is 1. The first-order valence-corrected chi connectivity index (χ1v) is 5.90. The molecule has 0 aromatic carbocycles. The van der Waals surface area contributed by atoms with E-state index in [9.17, 15) is 14.7 Å².